The molecule has 1 aliphatic carbocycles. The number of pyridine rings is 2. The van der Waals surface area contributed by atoms with Crippen LogP contribution in [0.5, 0.6) is 11.6 Å². The Balaban J connectivity index is 1.36. The Morgan fingerprint density at radius 3 is 2.38 bits per heavy atom. The minimum atomic E-state index is 0.587. The summed E-state index contributed by atoms with van der Waals surface area (Å²) < 4.78 is 8.32. The minimum Gasteiger partial charge on any atom is -0.439 e. The van der Waals surface area contributed by atoms with Crippen LogP contribution in [0.15, 0.2) is 109 Å². The fraction of sp³-hybridized carbons (Fsp3) is 0.152. The predicted molar refractivity (Wildman–Crippen MR) is 150 cm³/mol. The van der Waals surface area contributed by atoms with E-state index in [0.29, 0.717) is 11.8 Å². The maximum absolute atomic E-state index is 6.00. The zero-order valence-corrected chi connectivity index (χ0v) is 20.5. The third-order valence-corrected chi connectivity index (χ3v) is 7.53. The van der Waals surface area contributed by atoms with Crippen LogP contribution in [0.2, 0.25) is 0 Å². The van der Waals surface area contributed by atoms with Crippen molar-refractivity contribution in [3.63, 3.8) is 0 Å². The summed E-state index contributed by atoms with van der Waals surface area (Å²) >= 11 is 0. The number of ether oxygens (including phenoxy) is 1. The van der Waals surface area contributed by atoms with Gasteiger partial charge < -0.3 is 4.74 Å². The van der Waals surface area contributed by atoms with E-state index in [-0.39, 0.29) is 0 Å². The van der Waals surface area contributed by atoms with Crippen molar-refractivity contribution in [3.05, 3.63) is 115 Å². The molecule has 4 heteroatoms. The topological polar surface area (TPSA) is 39.9 Å². The summed E-state index contributed by atoms with van der Waals surface area (Å²) in [7, 11) is 0. The van der Waals surface area contributed by atoms with Gasteiger partial charge in [-0.3, -0.25) is 4.57 Å². The van der Waals surface area contributed by atoms with E-state index in [1.54, 1.807) is 6.20 Å². The number of rotatable bonds is 5. The van der Waals surface area contributed by atoms with E-state index in [4.69, 9.17) is 9.72 Å². The average Bonchev–Trinajstić information content (AvgIpc) is 3.60. The molecule has 0 unspecified atom stereocenters. The molecule has 0 aliphatic heterocycles. The lowest BCUT2D eigenvalue weighted by Crippen LogP contribution is -2.00. The molecule has 0 bridgehead atoms. The van der Waals surface area contributed by atoms with Crippen molar-refractivity contribution < 1.29 is 4.74 Å². The highest BCUT2D eigenvalue weighted by Crippen LogP contribution is 2.37. The third kappa shape index (κ3) is 4.05. The van der Waals surface area contributed by atoms with Crippen LogP contribution in [0.25, 0.3) is 38.8 Å². The van der Waals surface area contributed by atoms with Crippen molar-refractivity contribution in [2.45, 2.75) is 31.6 Å². The summed E-state index contributed by atoms with van der Waals surface area (Å²) in [4.78, 5) is 9.14. The largest absolute Gasteiger partial charge is 0.439 e. The molecule has 0 atom stereocenters. The van der Waals surface area contributed by atoms with Gasteiger partial charge in [0.2, 0.25) is 5.88 Å². The van der Waals surface area contributed by atoms with E-state index < -0.39 is 0 Å². The third-order valence-electron chi connectivity index (χ3n) is 7.53. The van der Waals surface area contributed by atoms with Crippen LogP contribution < -0.4 is 4.74 Å². The molecule has 0 saturated heterocycles. The van der Waals surface area contributed by atoms with Crippen LogP contribution >= 0.6 is 0 Å². The normalized spacial score (nSPS) is 13.9. The van der Waals surface area contributed by atoms with Gasteiger partial charge in [-0.25, -0.2) is 9.97 Å². The van der Waals surface area contributed by atoms with Crippen LogP contribution in [0.4, 0.5) is 0 Å². The van der Waals surface area contributed by atoms with Crippen molar-refractivity contribution in [1.29, 1.82) is 0 Å². The van der Waals surface area contributed by atoms with Gasteiger partial charge in [0.1, 0.15) is 11.6 Å². The molecule has 7 rings (SSSR count). The molecule has 4 nitrogen and oxygen atoms in total. The quantitative estimate of drug-likeness (QED) is 0.247. The number of hydrogen-bond acceptors (Lipinski definition) is 3. The molecule has 3 aromatic carbocycles. The van der Waals surface area contributed by atoms with Gasteiger partial charge in [-0.15, -0.1) is 0 Å². The standard InChI is InChI=1S/C33H27N3O/c1-2-9-23(8-1)26-17-19-34-32(22-26)36-30-13-4-3-12-28(30)29-16-15-25(21-31(29)36)24-10-7-11-27(20-24)37-33-14-5-6-18-35-33/h3-7,10-23H,1-2,8-9H2. The van der Waals surface area contributed by atoms with Crippen molar-refractivity contribution in [2.75, 3.05) is 0 Å². The zero-order chi connectivity index (χ0) is 24.6. The van der Waals surface area contributed by atoms with Crippen LogP contribution in [-0.4, -0.2) is 14.5 Å². The summed E-state index contributed by atoms with van der Waals surface area (Å²) in [5, 5.41) is 2.47. The van der Waals surface area contributed by atoms with Gasteiger partial charge in [-0.2, -0.15) is 0 Å². The second-order valence-corrected chi connectivity index (χ2v) is 9.81. The fourth-order valence-corrected chi connectivity index (χ4v) is 5.73. The van der Waals surface area contributed by atoms with E-state index in [1.165, 1.54) is 47.5 Å². The van der Waals surface area contributed by atoms with Gasteiger partial charge in [0.15, 0.2) is 0 Å². The van der Waals surface area contributed by atoms with Crippen LogP contribution in [-0.2, 0) is 0 Å². The molecule has 37 heavy (non-hydrogen) atoms. The Bertz CT molecular complexity index is 1710. The SMILES string of the molecule is c1ccc(Oc2cccc(-c3ccc4c5ccccc5n(-c5cc(C6CCCC6)ccn5)c4c3)c2)nc1. The summed E-state index contributed by atoms with van der Waals surface area (Å²) in [5.74, 6) is 2.98. The molecular weight excluding hydrogens is 454 g/mol. The Kier molecular flexibility index (Phi) is 5.43. The molecule has 0 spiro atoms. The van der Waals surface area contributed by atoms with E-state index in [9.17, 15) is 0 Å². The highest BCUT2D eigenvalue weighted by molar-refractivity contribution is 6.10. The average molecular weight is 482 g/mol. The van der Waals surface area contributed by atoms with Crippen LogP contribution in [0, 0.1) is 0 Å². The maximum Gasteiger partial charge on any atom is 0.219 e. The van der Waals surface area contributed by atoms with Crippen LogP contribution in [0.3, 0.4) is 0 Å². The molecule has 1 saturated carbocycles. The fourth-order valence-electron chi connectivity index (χ4n) is 5.73. The van der Waals surface area contributed by atoms with E-state index in [0.717, 1.165) is 28.2 Å². The Hall–Kier alpha value is -4.44. The van der Waals surface area contributed by atoms with E-state index in [2.05, 4.69) is 76.3 Å². The number of fused-ring (bicyclic) bond motifs is 3. The van der Waals surface area contributed by atoms with Crippen molar-refractivity contribution >= 4 is 21.8 Å². The number of hydrogen-bond donors (Lipinski definition) is 0. The van der Waals surface area contributed by atoms with Gasteiger partial charge in [-0.1, -0.05) is 61.4 Å². The lowest BCUT2D eigenvalue weighted by Gasteiger charge is -2.13. The monoisotopic (exact) mass is 481 g/mol. The maximum atomic E-state index is 6.00. The number of nitrogens with zero attached hydrogens (tertiary/aromatic N) is 3. The minimum absolute atomic E-state index is 0.587. The van der Waals surface area contributed by atoms with Crippen LogP contribution in [0.1, 0.15) is 37.2 Å². The number of benzene rings is 3. The summed E-state index contributed by atoms with van der Waals surface area (Å²) in [6, 6.07) is 33.7. The zero-order valence-electron chi connectivity index (χ0n) is 20.5. The van der Waals surface area contributed by atoms with E-state index in [1.807, 2.05) is 36.5 Å². The molecule has 1 fully saturated rings. The summed E-state index contributed by atoms with van der Waals surface area (Å²) in [6.07, 6.45) is 8.91. The second kappa shape index (κ2) is 9.21. The molecule has 0 N–H and O–H groups in total. The van der Waals surface area contributed by atoms with Gasteiger partial charge in [0.05, 0.1) is 11.0 Å². The summed E-state index contributed by atoms with van der Waals surface area (Å²) in [5.41, 5.74) is 5.97. The van der Waals surface area contributed by atoms with Crippen molar-refractivity contribution in [1.82, 2.24) is 14.5 Å². The molecule has 3 aromatic heterocycles. The number of para-hydroxylation sites is 1. The van der Waals surface area contributed by atoms with Gasteiger partial charge in [-0.05, 0) is 77.9 Å². The summed E-state index contributed by atoms with van der Waals surface area (Å²) in [6.45, 7) is 0. The first-order valence-electron chi connectivity index (χ1n) is 13.0. The first-order chi connectivity index (χ1) is 18.3. The first kappa shape index (κ1) is 21.8. The lowest BCUT2D eigenvalue weighted by molar-refractivity contribution is 0.463. The Morgan fingerprint density at radius 2 is 1.49 bits per heavy atom. The first-order valence-corrected chi connectivity index (χ1v) is 13.0. The number of aromatic nitrogens is 3. The molecule has 6 aromatic rings. The molecule has 0 radical (unpaired) electrons. The van der Waals surface area contributed by atoms with Gasteiger partial charge in [0.25, 0.3) is 0 Å². The smallest absolute Gasteiger partial charge is 0.219 e. The molecule has 180 valence electrons. The molecular formula is C33H27N3O. The molecule has 3 heterocycles. The molecule has 0 amide bonds. The lowest BCUT2D eigenvalue weighted by atomic mass is 9.99. The predicted octanol–water partition coefficient (Wildman–Crippen LogP) is 8.69. The van der Waals surface area contributed by atoms with Gasteiger partial charge >= 0.3 is 0 Å². The Morgan fingerprint density at radius 1 is 0.649 bits per heavy atom. The molecule has 1 aliphatic rings. The van der Waals surface area contributed by atoms with Gasteiger partial charge in [0, 0.05) is 29.2 Å². The highest BCUT2D eigenvalue weighted by Gasteiger charge is 2.19. The van der Waals surface area contributed by atoms with E-state index >= 15 is 0 Å². The Labute approximate surface area is 216 Å². The van der Waals surface area contributed by atoms with Crippen molar-refractivity contribution in [3.8, 4) is 28.6 Å². The van der Waals surface area contributed by atoms with Crippen molar-refractivity contribution in [2.24, 2.45) is 0 Å². The second-order valence-electron chi connectivity index (χ2n) is 9.81. The highest BCUT2D eigenvalue weighted by atomic mass is 16.5.